The zero-order chi connectivity index (χ0) is 21.0. The Kier molecular flexibility index (Phi) is 6.49. The maximum atomic E-state index is 13.2. The third kappa shape index (κ3) is 4.10. The van der Waals surface area contributed by atoms with Crippen molar-refractivity contribution in [1.82, 2.24) is 19.8 Å². The van der Waals surface area contributed by atoms with Gasteiger partial charge in [0.05, 0.1) is 19.2 Å². The first kappa shape index (κ1) is 20.8. The largest absolute Gasteiger partial charge is 0.336 e. The van der Waals surface area contributed by atoms with Crippen LogP contribution in [0.2, 0.25) is 0 Å². The molecule has 3 amide bonds. The van der Waals surface area contributed by atoms with E-state index in [1.807, 2.05) is 43.3 Å². The normalized spacial score (nSPS) is 23.6. The van der Waals surface area contributed by atoms with E-state index in [0.29, 0.717) is 19.4 Å². The molecular weight excluding hydrogens is 370 g/mol. The first-order valence-electron chi connectivity index (χ1n) is 10.0. The lowest BCUT2D eigenvalue weighted by Gasteiger charge is -2.54. The standard InChI is InChI=1S/C21H27N5O3/c1-3-7-18-21(29)23(12-16(2)17-8-5-4-6-9-17)13-19-25(15-27)24(11-10-22)14-20(28)26(18)19/h4-6,8-9,15-16,18-19H,3,7,11-14H2,1-2H3/t16?,18-,19?/m0/s1. The first-order chi connectivity index (χ1) is 14.0. The van der Waals surface area contributed by atoms with Crippen LogP contribution < -0.4 is 0 Å². The number of carbonyl (C=O) groups is 3. The van der Waals surface area contributed by atoms with Gasteiger partial charge in [0.1, 0.15) is 18.8 Å². The van der Waals surface area contributed by atoms with Crippen molar-refractivity contribution < 1.29 is 14.4 Å². The summed E-state index contributed by atoms with van der Waals surface area (Å²) in [5.41, 5.74) is 1.13. The molecule has 0 N–H and O–H groups in total. The Labute approximate surface area is 171 Å². The van der Waals surface area contributed by atoms with Crippen LogP contribution >= 0.6 is 0 Å². The highest BCUT2D eigenvalue weighted by Gasteiger charge is 2.49. The van der Waals surface area contributed by atoms with Gasteiger partial charge in [0, 0.05) is 6.54 Å². The van der Waals surface area contributed by atoms with Crippen molar-refractivity contribution in [3.63, 3.8) is 0 Å². The molecule has 2 aliphatic heterocycles. The molecule has 2 fully saturated rings. The number of hydrazine groups is 1. The number of carbonyl (C=O) groups excluding carboxylic acids is 3. The molecule has 3 rings (SSSR count). The number of amides is 3. The molecule has 0 saturated carbocycles. The molecule has 8 nitrogen and oxygen atoms in total. The fraction of sp³-hybridized carbons (Fsp3) is 0.524. The Balaban J connectivity index is 1.88. The van der Waals surface area contributed by atoms with Gasteiger partial charge in [-0.25, -0.2) is 0 Å². The summed E-state index contributed by atoms with van der Waals surface area (Å²) < 4.78 is 0. The quantitative estimate of drug-likeness (QED) is 0.509. The second-order valence-corrected chi connectivity index (χ2v) is 7.61. The average molecular weight is 397 g/mol. The lowest BCUT2D eigenvalue weighted by Crippen LogP contribution is -2.74. The lowest BCUT2D eigenvalue weighted by molar-refractivity contribution is -0.198. The fourth-order valence-corrected chi connectivity index (χ4v) is 4.25. The van der Waals surface area contributed by atoms with Crippen molar-refractivity contribution in [3.05, 3.63) is 35.9 Å². The van der Waals surface area contributed by atoms with Gasteiger partial charge in [0.15, 0.2) is 0 Å². The van der Waals surface area contributed by atoms with Gasteiger partial charge in [0.2, 0.25) is 18.2 Å². The molecule has 2 aliphatic rings. The van der Waals surface area contributed by atoms with Gasteiger partial charge in [-0.3, -0.25) is 19.4 Å². The predicted molar refractivity (Wildman–Crippen MR) is 106 cm³/mol. The van der Waals surface area contributed by atoms with Crippen molar-refractivity contribution >= 4 is 18.2 Å². The van der Waals surface area contributed by atoms with Crippen LogP contribution in [0.3, 0.4) is 0 Å². The van der Waals surface area contributed by atoms with E-state index in [2.05, 4.69) is 6.92 Å². The molecule has 1 aromatic carbocycles. The van der Waals surface area contributed by atoms with E-state index in [1.165, 1.54) is 10.0 Å². The van der Waals surface area contributed by atoms with Crippen LogP contribution in [0, 0.1) is 11.3 Å². The van der Waals surface area contributed by atoms with Crippen molar-refractivity contribution in [1.29, 1.82) is 5.26 Å². The van der Waals surface area contributed by atoms with Crippen molar-refractivity contribution in [2.24, 2.45) is 0 Å². The summed E-state index contributed by atoms with van der Waals surface area (Å²) in [5.74, 6) is -0.169. The molecule has 0 spiro atoms. The van der Waals surface area contributed by atoms with Crippen LogP contribution in [0.5, 0.6) is 0 Å². The number of nitriles is 1. The van der Waals surface area contributed by atoms with Crippen LogP contribution in [-0.4, -0.2) is 76.4 Å². The number of fused-ring (bicyclic) bond motifs is 1. The molecule has 0 radical (unpaired) electrons. The minimum absolute atomic E-state index is 0.0539. The van der Waals surface area contributed by atoms with E-state index in [1.54, 1.807) is 9.80 Å². The summed E-state index contributed by atoms with van der Waals surface area (Å²) in [6, 6.07) is 11.4. The molecule has 2 saturated heterocycles. The number of hydrogen-bond donors (Lipinski definition) is 0. The smallest absolute Gasteiger partial charge is 0.245 e. The Hall–Kier alpha value is -2.92. The molecular formula is C21H27N5O3. The maximum absolute atomic E-state index is 13.2. The van der Waals surface area contributed by atoms with Crippen LogP contribution in [0.4, 0.5) is 0 Å². The average Bonchev–Trinajstić information content (AvgIpc) is 2.72. The predicted octanol–water partition coefficient (Wildman–Crippen LogP) is 1.17. The number of nitrogens with zero attached hydrogens (tertiary/aromatic N) is 5. The number of rotatable bonds is 7. The van der Waals surface area contributed by atoms with Gasteiger partial charge in [-0.2, -0.15) is 10.3 Å². The van der Waals surface area contributed by atoms with Gasteiger partial charge in [-0.1, -0.05) is 50.6 Å². The molecule has 154 valence electrons. The van der Waals surface area contributed by atoms with Crippen molar-refractivity contribution in [2.45, 2.75) is 44.8 Å². The second kappa shape index (κ2) is 9.05. The van der Waals surface area contributed by atoms with E-state index in [0.717, 1.165) is 12.0 Å². The maximum Gasteiger partial charge on any atom is 0.245 e. The first-order valence-corrected chi connectivity index (χ1v) is 10.0. The van der Waals surface area contributed by atoms with Gasteiger partial charge in [-0.15, -0.1) is 0 Å². The minimum atomic E-state index is -0.584. The third-order valence-electron chi connectivity index (χ3n) is 5.66. The fourth-order valence-electron chi connectivity index (χ4n) is 4.25. The van der Waals surface area contributed by atoms with E-state index in [4.69, 9.17) is 5.26 Å². The number of piperazine rings is 1. The van der Waals surface area contributed by atoms with E-state index >= 15 is 0 Å². The van der Waals surface area contributed by atoms with Crippen LogP contribution in [0.15, 0.2) is 30.3 Å². The molecule has 0 aromatic heterocycles. The Morgan fingerprint density at radius 3 is 2.62 bits per heavy atom. The van der Waals surface area contributed by atoms with Gasteiger partial charge < -0.3 is 9.80 Å². The zero-order valence-electron chi connectivity index (χ0n) is 16.9. The summed E-state index contributed by atoms with van der Waals surface area (Å²) >= 11 is 0. The molecule has 2 heterocycles. The van der Waals surface area contributed by atoms with Crippen molar-refractivity contribution in [3.8, 4) is 6.07 Å². The summed E-state index contributed by atoms with van der Waals surface area (Å²) in [5, 5.41) is 11.9. The third-order valence-corrected chi connectivity index (χ3v) is 5.66. The molecule has 0 bridgehead atoms. The highest BCUT2D eigenvalue weighted by atomic mass is 16.2. The number of benzene rings is 1. The van der Waals surface area contributed by atoms with Gasteiger partial charge in [0.25, 0.3) is 0 Å². The second-order valence-electron chi connectivity index (χ2n) is 7.61. The molecule has 2 unspecified atom stereocenters. The minimum Gasteiger partial charge on any atom is -0.336 e. The summed E-state index contributed by atoms with van der Waals surface area (Å²) in [6.07, 6.45) is 1.36. The summed E-state index contributed by atoms with van der Waals surface area (Å²) in [7, 11) is 0. The van der Waals surface area contributed by atoms with Crippen LogP contribution in [0.1, 0.15) is 38.2 Å². The van der Waals surface area contributed by atoms with Gasteiger partial charge in [-0.05, 0) is 17.9 Å². The molecule has 3 atom stereocenters. The molecule has 0 aliphatic carbocycles. The van der Waals surface area contributed by atoms with Crippen molar-refractivity contribution in [2.75, 3.05) is 26.2 Å². The Morgan fingerprint density at radius 2 is 2.00 bits per heavy atom. The van der Waals surface area contributed by atoms with Crippen LogP contribution in [0.25, 0.3) is 0 Å². The molecule has 29 heavy (non-hydrogen) atoms. The number of hydrogen-bond acceptors (Lipinski definition) is 5. The van der Waals surface area contributed by atoms with Gasteiger partial charge >= 0.3 is 0 Å². The summed E-state index contributed by atoms with van der Waals surface area (Å²) in [6.45, 7) is 4.66. The van der Waals surface area contributed by atoms with E-state index in [-0.39, 0.29) is 37.4 Å². The molecule has 1 aromatic rings. The van der Waals surface area contributed by atoms with E-state index in [9.17, 15) is 14.4 Å². The topological polar surface area (TPSA) is 88.0 Å². The monoisotopic (exact) mass is 397 g/mol. The highest BCUT2D eigenvalue weighted by Crippen LogP contribution is 2.29. The molecule has 8 heteroatoms. The zero-order valence-corrected chi connectivity index (χ0v) is 16.9. The van der Waals surface area contributed by atoms with E-state index < -0.39 is 12.2 Å². The Morgan fingerprint density at radius 1 is 1.28 bits per heavy atom. The highest BCUT2D eigenvalue weighted by molar-refractivity contribution is 5.90. The SMILES string of the molecule is CCC[C@H]1C(=O)N(CC(C)c2ccccc2)CC2N1C(=O)CN(CC#N)N2C=O. The lowest BCUT2D eigenvalue weighted by atomic mass is 9.97. The summed E-state index contributed by atoms with van der Waals surface area (Å²) in [4.78, 5) is 41.2. The van der Waals surface area contributed by atoms with Crippen LogP contribution in [-0.2, 0) is 14.4 Å². The Bertz CT molecular complexity index is 793.